The second-order valence-corrected chi connectivity index (χ2v) is 0.575. The second kappa shape index (κ2) is 13.6. The van der Waals surface area contributed by atoms with Crippen molar-refractivity contribution in [3.63, 3.8) is 0 Å². The number of carbonyl (C=O) groups is 2. The van der Waals surface area contributed by atoms with Gasteiger partial charge in [0.05, 0.1) is 11.9 Å². The molecule has 0 aromatic rings. The van der Waals surface area contributed by atoms with Gasteiger partial charge in [0.1, 0.15) is 0 Å². The van der Waals surface area contributed by atoms with Gasteiger partial charge in [0.15, 0.2) is 0 Å². The molecule has 9 heavy (non-hydrogen) atoms. The summed E-state index contributed by atoms with van der Waals surface area (Å²) in [7, 11) is 0. The molecule has 0 amide bonds. The number of carbonyl (C=O) groups excluding carboxylic acids is 2. The van der Waals surface area contributed by atoms with Gasteiger partial charge in [-0.1, -0.05) is 0 Å². The van der Waals surface area contributed by atoms with Gasteiger partial charge in [0, 0.05) is 0 Å². The van der Waals surface area contributed by atoms with Gasteiger partial charge in [0.2, 0.25) is 0 Å². The Morgan fingerprint density at radius 3 is 1.00 bits per heavy atom. The minimum Gasteiger partial charge on any atom is -0.543 e. The smallest absolute Gasteiger partial charge is 0.543 e. The molecule has 0 aliphatic rings. The van der Waals surface area contributed by atoms with Crippen molar-refractivity contribution in [2.24, 2.45) is 0 Å². The average molecular weight is 372 g/mol. The third-order valence-electron chi connectivity index (χ3n) is 0.167. The first kappa shape index (κ1) is 22.7. The molecule has 42 valence electrons. The van der Waals surface area contributed by atoms with E-state index in [4.69, 9.17) is 19.8 Å². The molecule has 0 aromatic carbocycles. The van der Waals surface area contributed by atoms with E-state index < -0.39 is 11.9 Å². The van der Waals surface area contributed by atoms with Gasteiger partial charge >= 0.3 is 138 Å². The van der Waals surface area contributed by atoms with E-state index in [0.29, 0.717) is 0 Å². The van der Waals surface area contributed by atoms with Crippen LogP contribution in [0.15, 0.2) is 0 Å². The van der Waals surface area contributed by atoms with E-state index in [2.05, 4.69) is 0 Å². The summed E-state index contributed by atoms with van der Waals surface area (Å²) in [6.07, 6.45) is 0. The maximum atomic E-state index is 8.93. The number of rotatable bonds is 0. The molecule has 0 aliphatic heterocycles. The van der Waals surface area contributed by atoms with Crippen molar-refractivity contribution >= 4 is 11.9 Å². The molecule has 0 saturated carbocycles. The van der Waals surface area contributed by atoms with Gasteiger partial charge in [-0.2, -0.15) is 0 Å². The number of aliphatic carboxylic acids is 2. The van der Waals surface area contributed by atoms with Crippen molar-refractivity contribution in [2.75, 3.05) is 0 Å². The minimum absolute atomic E-state index is 0. The fourth-order valence-corrected chi connectivity index (χ4v) is 0. The summed E-state index contributed by atoms with van der Waals surface area (Å²) in [5.74, 6) is -4.37. The fraction of sp³-hybridized carbons (Fsp3) is 0. The van der Waals surface area contributed by atoms with Crippen LogP contribution in [0.4, 0.5) is 0 Å². The van der Waals surface area contributed by atoms with Gasteiger partial charge in [-0.15, -0.1) is 0 Å². The first-order valence-electron chi connectivity index (χ1n) is 1.07. The third-order valence-corrected chi connectivity index (χ3v) is 0.167. The predicted octanol–water partition coefficient (Wildman–Crippen LogP) is -10.3. The molecule has 0 saturated heterocycles. The van der Waals surface area contributed by atoms with Crippen LogP contribution in [0, 0.1) is 0 Å². The Labute approximate surface area is 169 Å². The number of hydrogen-bond acceptors (Lipinski definition) is 4. The zero-order chi connectivity index (χ0) is 5.15. The van der Waals surface area contributed by atoms with Gasteiger partial charge < -0.3 is 25.3 Å². The molecule has 0 fully saturated rings. The molecule has 0 unspecified atom stereocenters. The Morgan fingerprint density at radius 2 is 1.00 bits per heavy atom. The van der Waals surface area contributed by atoms with Gasteiger partial charge in [0.25, 0.3) is 0 Å². The molecule has 7 heteroatoms. The molecular weight excluding hydrogens is 370 g/mol. The van der Waals surface area contributed by atoms with Crippen LogP contribution in [0.1, 0.15) is 0 Å². The van der Waals surface area contributed by atoms with Crippen LogP contribution >= 0.6 is 0 Å². The quantitative estimate of drug-likeness (QED) is 0.393. The summed E-state index contributed by atoms with van der Waals surface area (Å²) in [4.78, 5) is 17.9. The van der Waals surface area contributed by atoms with E-state index in [-0.39, 0.29) is 143 Å². The third kappa shape index (κ3) is 18.2. The molecular formula is C2H2Cs2O5. The summed E-state index contributed by atoms with van der Waals surface area (Å²) < 4.78 is 0. The van der Waals surface area contributed by atoms with Gasteiger partial charge in [-0.05, 0) is 0 Å². The fourth-order valence-electron chi connectivity index (χ4n) is 0. The molecule has 2 N–H and O–H groups in total. The monoisotopic (exact) mass is 372 g/mol. The molecule has 0 bridgehead atoms. The summed E-state index contributed by atoms with van der Waals surface area (Å²) >= 11 is 0. The Bertz CT molecular complexity index is 79.0. The minimum atomic E-state index is -2.19. The normalized spacial score (nSPS) is 4.89. The standard InChI is InChI=1S/C2H2O4.2Cs.H2O/c3-1(4)2(5)6;;;/h(H,3,4)(H,5,6);;;1H2/q;2*+1;/p-2. The average Bonchev–Trinajstić information content (AvgIpc) is 1.36. The molecule has 0 aromatic heterocycles. The maximum Gasteiger partial charge on any atom is 1.00 e. The van der Waals surface area contributed by atoms with Crippen LogP contribution in [0.25, 0.3) is 0 Å². The Kier molecular flexibility index (Phi) is 34.2. The van der Waals surface area contributed by atoms with Gasteiger partial charge in [-0.3, -0.25) is 0 Å². The number of carboxylic acids is 2. The maximum absolute atomic E-state index is 8.93. The summed E-state index contributed by atoms with van der Waals surface area (Å²) in [5, 5.41) is 17.9. The molecule has 0 heterocycles. The van der Waals surface area contributed by atoms with E-state index in [0.717, 1.165) is 0 Å². The summed E-state index contributed by atoms with van der Waals surface area (Å²) in [5.41, 5.74) is 0. The van der Waals surface area contributed by atoms with Gasteiger partial charge in [-0.25, -0.2) is 0 Å². The Morgan fingerprint density at radius 1 is 0.889 bits per heavy atom. The first-order chi connectivity index (χ1) is 2.64. The largest absolute Gasteiger partial charge is 1.00 e. The molecule has 0 radical (unpaired) electrons. The van der Waals surface area contributed by atoms with Crippen LogP contribution in [0.3, 0.4) is 0 Å². The van der Waals surface area contributed by atoms with E-state index in [1.165, 1.54) is 0 Å². The summed E-state index contributed by atoms with van der Waals surface area (Å²) in [6, 6.07) is 0. The second-order valence-electron chi connectivity index (χ2n) is 0.575. The zero-order valence-electron chi connectivity index (χ0n) is 5.13. The van der Waals surface area contributed by atoms with Crippen molar-refractivity contribution in [1.82, 2.24) is 0 Å². The molecule has 5 nitrogen and oxygen atoms in total. The number of hydrogen-bond donors (Lipinski definition) is 0. The molecule has 0 atom stereocenters. The Balaban J connectivity index is -0.0000000417. The topological polar surface area (TPSA) is 112 Å². The van der Waals surface area contributed by atoms with E-state index in [1.807, 2.05) is 0 Å². The van der Waals surface area contributed by atoms with Crippen molar-refractivity contribution in [1.29, 1.82) is 0 Å². The SMILES string of the molecule is O.O=C([O-])C(=O)[O-].[Cs+].[Cs+]. The van der Waals surface area contributed by atoms with Crippen molar-refractivity contribution in [3.8, 4) is 0 Å². The van der Waals surface area contributed by atoms with Crippen molar-refractivity contribution in [2.45, 2.75) is 0 Å². The van der Waals surface area contributed by atoms with Crippen molar-refractivity contribution in [3.05, 3.63) is 0 Å². The Hall–Kier alpha value is 3.00. The van der Waals surface area contributed by atoms with E-state index in [9.17, 15) is 0 Å². The molecule has 0 rings (SSSR count). The number of carboxylic acid groups (broad SMARTS) is 2. The first-order valence-corrected chi connectivity index (χ1v) is 1.07. The van der Waals surface area contributed by atoms with Crippen LogP contribution < -0.4 is 148 Å². The van der Waals surface area contributed by atoms with E-state index >= 15 is 0 Å². The van der Waals surface area contributed by atoms with Crippen LogP contribution in [0.5, 0.6) is 0 Å². The van der Waals surface area contributed by atoms with Crippen LogP contribution in [-0.2, 0) is 9.59 Å². The predicted molar refractivity (Wildman–Crippen MR) is 13.6 cm³/mol. The molecule has 0 aliphatic carbocycles. The summed E-state index contributed by atoms with van der Waals surface area (Å²) in [6.45, 7) is 0. The zero-order valence-corrected chi connectivity index (χ0v) is 17.7. The van der Waals surface area contributed by atoms with E-state index in [1.54, 1.807) is 0 Å². The van der Waals surface area contributed by atoms with Crippen molar-refractivity contribution < 1.29 is 163 Å². The van der Waals surface area contributed by atoms with Crippen LogP contribution in [0.2, 0.25) is 0 Å². The van der Waals surface area contributed by atoms with Crippen LogP contribution in [-0.4, -0.2) is 17.4 Å². The molecule has 0 spiro atoms.